The number of hydrogen-bond acceptors (Lipinski definition) is 3. The maximum absolute atomic E-state index is 11.5. The van der Waals surface area contributed by atoms with Gasteiger partial charge in [0.25, 0.3) is 10.0 Å². The lowest BCUT2D eigenvalue weighted by Crippen LogP contribution is -2.00. The summed E-state index contributed by atoms with van der Waals surface area (Å²) in [7, 11) is -3.55. The largest absolute Gasteiger partial charge is 0.376 e. The van der Waals surface area contributed by atoms with Gasteiger partial charge in [-0.15, -0.1) is 0 Å². The Morgan fingerprint density at radius 3 is 2.60 bits per heavy atom. The summed E-state index contributed by atoms with van der Waals surface area (Å²) >= 11 is 0. The minimum absolute atomic E-state index is 0.192. The number of sulfonamides is 1. The van der Waals surface area contributed by atoms with Crippen molar-refractivity contribution in [3.8, 4) is 0 Å². The molecule has 1 rings (SSSR count). The van der Waals surface area contributed by atoms with Crippen LogP contribution in [0.1, 0.15) is 6.92 Å². The Morgan fingerprint density at radius 2 is 2.00 bits per heavy atom. The molecule has 0 aliphatic heterocycles. The summed E-state index contributed by atoms with van der Waals surface area (Å²) in [5, 5.41) is 0. The van der Waals surface area contributed by atoms with Gasteiger partial charge in [0.1, 0.15) is 0 Å². The number of benzene rings is 1. The molecule has 0 radical (unpaired) electrons. The van der Waals surface area contributed by atoms with Crippen LogP contribution in [-0.4, -0.2) is 27.8 Å². The lowest BCUT2D eigenvalue weighted by Gasteiger charge is -1.97. The zero-order valence-electron chi connectivity index (χ0n) is 8.46. The first-order chi connectivity index (χ1) is 7.17. The van der Waals surface area contributed by atoms with Gasteiger partial charge < -0.3 is 4.74 Å². The lowest BCUT2D eigenvalue weighted by atomic mass is 10.4. The highest BCUT2D eigenvalue weighted by Crippen LogP contribution is 2.10. The van der Waals surface area contributed by atoms with Gasteiger partial charge in [0.2, 0.25) is 0 Å². The minimum Gasteiger partial charge on any atom is -0.376 e. The van der Waals surface area contributed by atoms with Crippen molar-refractivity contribution in [3.05, 3.63) is 30.3 Å². The first-order valence-electron chi connectivity index (χ1n) is 4.58. The third-order valence-corrected chi connectivity index (χ3v) is 2.95. The highest BCUT2D eigenvalue weighted by molar-refractivity contribution is 7.90. The first-order valence-corrected chi connectivity index (χ1v) is 6.02. The van der Waals surface area contributed by atoms with Crippen LogP contribution >= 0.6 is 0 Å². The van der Waals surface area contributed by atoms with Crippen molar-refractivity contribution in [2.45, 2.75) is 11.8 Å². The number of rotatable bonds is 5. The van der Waals surface area contributed by atoms with Crippen molar-refractivity contribution in [2.24, 2.45) is 4.40 Å². The Balaban J connectivity index is 2.73. The molecule has 0 unspecified atom stereocenters. The zero-order chi connectivity index (χ0) is 11.1. The topological polar surface area (TPSA) is 55.7 Å². The molecule has 0 amide bonds. The molecule has 0 spiro atoms. The Labute approximate surface area is 89.7 Å². The van der Waals surface area contributed by atoms with E-state index >= 15 is 0 Å². The molecule has 15 heavy (non-hydrogen) atoms. The van der Waals surface area contributed by atoms with E-state index in [-0.39, 0.29) is 11.5 Å². The quantitative estimate of drug-likeness (QED) is 0.565. The lowest BCUT2D eigenvalue weighted by molar-refractivity contribution is 0.190. The summed E-state index contributed by atoms with van der Waals surface area (Å²) in [6.07, 6.45) is 1.26. The molecule has 0 saturated carbocycles. The molecule has 0 heterocycles. The van der Waals surface area contributed by atoms with Crippen LogP contribution in [0, 0.1) is 0 Å². The first kappa shape index (κ1) is 11.9. The van der Waals surface area contributed by atoms with Gasteiger partial charge in [-0.1, -0.05) is 18.2 Å². The van der Waals surface area contributed by atoms with E-state index in [0.717, 1.165) is 0 Å². The van der Waals surface area contributed by atoms with Gasteiger partial charge in [0.15, 0.2) is 0 Å². The predicted octanol–water partition coefficient (Wildman–Crippen LogP) is 1.48. The summed E-state index contributed by atoms with van der Waals surface area (Å²) in [5.41, 5.74) is 0. The van der Waals surface area contributed by atoms with Gasteiger partial charge >= 0.3 is 0 Å². The Bertz CT molecular complexity index is 412. The standard InChI is InChI=1S/C10H13NO3S/c1-2-14-9-8-11-15(12,13)10-6-4-3-5-7-10/h3-8H,2,9H2,1H3. The molecule has 0 aromatic heterocycles. The SMILES string of the molecule is CCOCC=NS(=O)(=O)c1ccccc1. The molecular formula is C10H13NO3S. The number of hydrogen-bond donors (Lipinski definition) is 0. The van der Waals surface area contributed by atoms with Crippen molar-refractivity contribution in [1.82, 2.24) is 0 Å². The van der Waals surface area contributed by atoms with Crippen LogP contribution in [-0.2, 0) is 14.8 Å². The summed E-state index contributed by atoms with van der Waals surface area (Å²) in [6.45, 7) is 2.58. The van der Waals surface area contributed by atoms with Crippen molar-refractivity contribution in [1.29, 1.82) is 0 Å². The molecule has 0 N–H and O–H groups in total. The molecule has 5 heteroatoms. The number of nitrogens with zero attached hydrogens (tertiary/aromatic N) is 1. The van der Waals surface area contributed by atoms with Gasteiger partial charge in [-0.05, 0) is 19.1 Å². The van der Waals surface area contributed by atoms with Crippen LogP contribution in [0.5, 0.6) is 0 Å². The number of ether oxygens (including phenoxy) is 1. The third-order valence-electron chi connectivity index (χ3n) is 1.65. The Kier molecular flexibility index (Phi) is 4.45. The van der Waals surface area contributed by atoms with Gasteiger partial charge in [-0.3, -0.25) is 0 Å². The molecule has 0 aliphatic carbocycles. The fourth-order valence-electron chi connectivity index (χ4n) is 0.952. The van der Waals surface area contributed by atoms with Crippen LogP contribution in [0.2, 0.25) is 0 Å². The van der Waals surface area contributed by atoms with Crippen molar-refractivity contribution < 1.29 is 13.2 Å². The third kappa shape index (κ3) is 3.81. The van der Waals surface area contributed by atoms with Gasteiger partial charge in [-0.2, -0.15) is 12.8 Å². The molecule has 82 valence electrons. The van der Waals surface area contributed by atoms with E-state index in [2.05, 4.69) is 4.40 Å². The van der Waals surface area contributed by atoms with E-state index in [9.17, 15) is 8.42 Å². The molecular weight excluding hydrogens is 214 g/mol. The molecule has 0 fully saturated rings. The Morgan fingerprint density at radius 1 is 1.33 bits per heavy atom. The van der Waals surface area contributed by atoms with Crippen LogP contribution in [0.15, 0.2) is 39.6 Å². The molecule has 1 aromatic rings. The summed E-state index contributed by atoms with van der Waals surface area (Å²) in [5.74, 6) is 0. The maximum Gasteiger partial charge on any atom is 0.282 e. The van der Waals surface area contributed by atoms with Crippen LogP contribution < -0.4 is 0 Å². The predicted molar refractivity (Wildman–Crippen MR) is 58.6 cm³/mol. The van der Waals surface area contributed by atoms with E-state index in [4.69, 9.17) is 4.74 Å². The molecule has 0 bridgehead atoms. The van der Waals surface area contributed by atoms with Crippen molar-refractivity contribution >= 4 is 16.2 Å². The van der Waals surface area contributed by atoms with E-state index in [0.29, 0.717) is 6.61 Å². The molecule has 0 atom stereocenters. The molecule has 1 aromatic carbocycles. The smallest absolute Gasteiger partial charge is 0.282 e. The van der Waals surface area contributed by atoms with Gasteiger partial charge in [0, 0.05) is 12.8 Å². The highest BCUT2D eigenvalue weighted by atomic mass is 32.2. The zero-order valence-corrected chi connectivity index (χ0v) is 9.28. The van der Waals surface area contributed by atoms with Gasteiger partial charge in [0.05, 0.1) is 11.5 Å². The van der Waals surface area contributed by atoms with E-state index in [1.54, 1.807) is 18.2 Å². The molecule has 0 saturated heterocycles. The van der Waals surface area contributed by atoms with Crippen molar-refractivity contribution in [3.63, 3.8) is 0 Å². The highest BCUT2D eigenvalue weighted by Gasteiger charge is 2.09. The second-order valence-electron chi connectivity index (χ2n) is 2.74. The van der Waals surface area contributed by atoms with Crippen LogP contribution in [0.3, 0.4) is 0 Å². The van der Waals surface area contributed by atoms with E-state index in [1.807, 2.05) is 6.92 Å². The summed E-state index contributed by atoms with van der Waals surface area (Å²) in [4.78, 5) is 0.192. The monoisotopic (exact) mass is 227 g/mol. The average molecular weight is 227 g/mol. The fourth-order valence-corrected chi connectivity index (χ4v) is 1.83. The summed E-state index contributed by atoms with van der Waals surface area (Å²) < 4.78 is 31.5. The normalized spacial score (nSPS) is 12.1. The second-order valence-corrected chi connectivity index (χ2v) is 4.37. The van der Waals surface area contributed by atoms with E-state index in [1.165, 1.54) is 18.3 Å². The molecule has 0 aliphatic rings. The Hall–Kier alpha value is -1.20. The minimum atomic E-state index is -3.55. The summed E-state index contributed by atoms with van der Waals surface area (Å²) in [6, 6.07) is 8.08. The average Bonchev–Trinajstić information content (AvgIpc) is 2.26. The van der Waals surface area contributed by atoms with Crippen LogP contribution in [0.4, 0.5) is 0 Å². The van der Waals surface area contributed by atoms with Gasteiger partial charge in [-0.25, -0.2) is 0 Å². The fraction of sp³-hybridized carbons (Fsp3) is 0.300. The second kappa shape index (κ2) is 5.63. The van der Waals surface area contributed by atoms with Crippen molar-refractivity contribution in [2.75, 3.05) is 13.2 Å². The molecule has 4 nitrogen and oxygen atoms in total. The van der Waals surface area contributed by atoms with E-state index < -0.39 is 10.0 Å². The van der Waals surface area contributed by atoms with Crippen LogP contribution in [0.25, 0.3) is 0 Å². The maximum atomic E-state index is 11.5.